The van der Waals surface area contributed by atoms with Crippen LogP contribution >= 0.6 is 11.3 Å². The van der Waals surface area contributed by atoms with Crippen molar-refractivity contribution >= 4 is 23.2 Å². The van der Waals surface area contributed by atoms with Gasteiger partial charge in [-0.05, 0) is 43.7 Å². The fourth-order valence-electron chi connectivity index (χ4n) is 2.39. The van der Waals surface area contributed by atoms with Crippen molar-refractivity contribution in [3.05, 3.63) is 21.4 Å². The van der Waals surface area contributed by atoms with Crippen LogP contribution in [0.4, 0.5) is 0 Å². The maximum absolute atomic E-state index is 12.0. The Balaban J connectivity index is 2.08. The van der Waals surface area contributed by atoms with Crippen LogP contribution in [0.5, 0.6) is 0 Å². The summed E-state index contributed by atoms with van der Waals surface area (Å²) in [6.45, 7) is 3.67. The molecule has 1 aliphatic carbocycles. The van der Waals surface area contributed by atoms with E-state index in [4.69, 9.17) is 5.11 Å². The third-order valence-corrected chi connectivity index (χ3v) is 4.94. The fourth-order valence-corrected chi connectivity index (χ4v) is 3.50. The third kappa shape index (κ3) is 3.15. The van der Waals surface area contributed by atoms with Crippen LogP contribution < -0.4 is 5.32 Å². The Morgan fingerprint density at radius 1 is 1.58 bits per heavy atom. The molecule has 0 aromatic carbocycles. The van der Waals surface area contributed by atoms with Gasteiger partial charge in [-0.25, -0.2) is 0 Å². The Kier molecular flexibility index (Phi) is 4.24. The minimum absolute atomic E-state index is 0.276. The Morgan fingerprint density at radius 3 is 2.95 bits per heavy atom. The van der Waals surface area contributed by atoms with Crippen molar-refractivity contribution in [1.29, 1.82) is 0 Å². The number of thiophene rings is 1. The minimum Gasteiger partial charge on any atom is -0.480 e. The number of carboxylic acids is 1. The molecule has 5 heteroatoms. The minimum atomic E-state index is -1.01. The van der Waals surface area contributed by atoms with Crippen LogP contribution in [0.3, 0.4) is 0 Å². The zero-order valence-electron chi connectivity index (χ0n) is 11.2. The number of hydrogen-bond acceptors (Lipinski definition) is 3. The third-order valence-electron chi connectivity index (χ3n) is 3.70. The van der Waals surface area contributed by atoms with E-state index in [9.17, 15) is 9.59 Å². The number of rotatable bonds is 4. The second-order valence-electron chi connectivity index (χ2n) is 5.11. The maximum atomic E-state index is 12.0. The van der Waals surface area contributed by atoms with Crippen LogP contribution in [-0.4, -0.2) is 23.0 Å². The molecule has 0 fully saturated rings. The number of carboxylic acid groups (broad SMARTS) is 1. The summed E-state index contributed by atoms with van der Waals surface area (Å²) in [7, 11) is 0. The van der Waals surface area contributed by atoms with Gasteiger partial charge in [-0.1, -0.05) is 13.3 Å². The van der Waals surface area contributed by atoms with Crippen molar-refractivity contribution in [1.82, 2.24) is 5.32 Å². The smallest absolute Gasteiger partial charge is 0.325 e. The molecule has 0 aliphatic heterocycles. The quantitative estimate of drug-likeness (QED) is 0.891. The monoisotopic (exact) mass is 281 g/mol. The molecule has 2 atom stereocenters. The van der Waals surface area contributed by atoms with E-state index in [1.54, 1.807) is 0 Å². The van der Waals surface area contributed by atoms with Gasteiger partial charge in [0.15, 0.2) is 0 Å². The number of carbonyl (C=O) groups is 2. The molecule has 19 heavy (non-hydrogen) atoms. The van der Waals surface area contributed by atoms with Crippen molar-refractivity contribution in [2.75, 3.05) is 0 Å². The average Bonchev–Trinajstić information content (AvgIpc) is 2.81. The maximum Gasteiger partial charge on any atom is 0.325 e. The summed E-state index contributed by atoms with van der Waals surface area (Å²) in [4.78, 5) is 24.6. The highest BCUT2D eigenvalue weighted by Crippen LogP contribution is 2.33. The summed E-state index contributed by atoms with van der Waals surface area (Å²) < 4.78 is 0. The van der Waals surface area contributed by atoms with Crippen LogP contribution in [0.1, 0.15) is 46.8 Å². The van der Waals surface area contributed by atoms with E-state index in [-0.39, 0.29) is 5.91 Å². The van der Waals surface area contributed by atoms with E-state index < -0.39 is 12.0 Å². The van der Waals surface area contributed by atoms with Crippen molar-refractivity contribution in [2.24, 2.45) is 5.92 Å². The highest BCUT2D eigenvalue weighted by atomic mass is 32.1. The first kappa shape index (κ1) is 14.1. The number of fused-ring (bicyclic) bond motifs is 1. The van der Waals surface area contributed by atoms with Gasteiger partial charge < -0.3 is 10.4 Å². The SMILES string of the molecule is CCC1CCc2sc(C(=O)N[C@@H](C)C(=O)O)cc2C1. The lowest BCUT2D eigenvalue weighted by Gasteiger charge is -2.19. The van der Waals surface area contributed by atoms with Crippen molar-refractivity contribution in [2.45, 2.75) is 45.6 Å². The molecule has 0 bridgehead atoms. The van der Waals surface area contributed by atoms with E-state index in [0.29, 0.717) is 4.88 Å². The number of aryl methyl sites for hydroxylation is 1. The van der Waals surface area contributed by atoms with Gasteiger partial charge in [0.2, 0.25) is 0 Å². The van der Waals surface area contributed by atoms with Crippen molar-refractivity contribution in [3.63, 3.8) is 0 Å². The summed E-state index contributed by atoms with van der Waals surface area (Å²) in [5.41, 5.74) is 1.27. The number of aliphatic carboxylic acids is 1. The molecule has 1 aliphatic rings. The highest BCUT2D eigenvalue weighted by molar-refractivity contribution is 7.14. The van der Waals surface area contributed by atoms with Gasteiger partial charge in [0.05, 0.1) is 4.88 Å². The predicted molar refractivity (Wildman–Crippen MR) is 74.7 cm³/mol. The molecule has 0 radical (unpaired) electrons. The summed E-state index contributed by atoms with van der Waals surface area (Å²) in [6.07, 6.45) is 4.45. The molecule has 1 amide bonds. The zero-order chi connectivity index (χ0) is 14.0. The number of carbonyl (C=O) groups excluding carboxylic acids is 1. The van der Waals surface area contributed by atoms with E-state index in [1.165, 1.54) is 41.5 Å². The molecule has 1 aromatic rings. The topological polar surface area (TPSA) is 66.4 Å². The van der Waals surface area contributed by atoms with Crippen LogP contribution in [0, 0.1) is 5.92 Å². The second-order valence-corrected chi connectivity index (χ2v) is 6.25. The van der Waals surface area contributed by atoms with E-state index in [1.807, 2.05) is 6.07 Å². The van der Waals surface area contributed by atoms with Crippen LogP contribution in [-0.2, 0) is 17.6 Å². The highest BCUT2D eigenvalue weighted by Gasteiger charge is 2.23. The Labute approximate surface area is 116 Å². The standard InChI is InChI=1S/C14H19NO3S/c1-3-9-4-5-11-10(6-9)7-12(19-11)13(16)15-8(2)14(17)18/h7-9H,3-6H2,1-2H3,(H,15,16)(H,17,18)/t8-,9?/m0/s1. The molecule has 1 aromatic heterocycles. The van der Waals surface area contributed by atoms with Gasteiger partial charge in [0, 0.05) is 4.88 Å². The number of amides is 1. The van der Waals surface area contributed by atoms with E-state index in [2.05, 4.69) is 12.2 Å². The van der Waals surface area contributed by atoms with Crippen LogP contribution in [0.15, 0.2) is 6.07 Å². The van der Waals surface area contributed by atoms with Gasteiger partial charge in [0.1, 0.15) is 6.04 Å². The first-order valence-corrected chi connectivity index (χ1v) is 7.48. The van der Waals surface area contributed by atoms with Crippen LogP contribution in [0.2, 0.25) is 0 Å². The normalized spacial score (nSPS) is 19.6. The Morgan fingerprint density at radius 2 is 2.32 bits per heavy atom. The molecule has 4 nitrogen and oxygen atoms in total. The van der Waals surface area contributed by atoms with Gasteiger partial charge in [-0.2, -0.15) is 0 Å². The van der Waals surface area contributed by atoms with E-state index >= 15 is 0 Å². The molecule has 2 N–H and O–H groups in total. The molecule has 0 saturated heterocycles. The number of hydrogen-bond donors (Lipinski definition) is 2. The molecule has 104 valence electrons. The molecular weight excluding hydrogens is 262 g/mol. The first-order chi connectivity index (χ1) is 9.01. The average molecular weight is 281 g/mol. The fraction of sp³-hybridized carbons (Fsp3) is 0.571. The van der Waals surface area contributed by atoms with Crippen molar-refractivity contribution < 1.29 is 14.7 Å². The summed E-state index contributed by atoms with van der Waals surface area (Å²) in [5.74, 6) is -0.570. The summed E-state index contributed by atoms with van der Waals surface area (Å²) in [6, 6.07) is 1.08. The summed E-state index contributed by atoms with van der Waals surface area (Å²) >= 11 is 1.50. The lowest BCUT2D eigenvalue weighted by Crippen LogP contribution is -2.37. The Bertz CT molecular complexity index is 495. The second kappa shape index (κ2) is 5.74. The largest absolute Gasteiger partial charge is 0.480 e. The number of nitrogens with one attached hydrogen (secondary N) is 1. The predicted octanol–water partition coefficient (Wildman–Crippen LogP) is 2.47. The van der Waals surface area contributed by atoms with Gasteiger partial charge >= 0.3 is 5.97 Å². The first-order valence-electron chi connectivity index (χ1n) is 6.66. The molecular formula is C14H19NO3S. The van der Waals surface area contributed by atoms with Gasteiger partial charge in [0.25, 0.3) is 5.91 Å². The lowest BCUT2D eigenvalue weighted by molar-refractivity contribution is -0.138. The molecule has 0 spiro atoms. The zero-order valence-corrected chi connectivity index (χ0v) is 12.0. The van der Waals surface area contributed by atoms with Crippen LogP contribution in [0.25, 0.3) is 0 Å². The van der Waals surface area contributed by atoms with E-state index in [0.717, 1.165) is 18.8 Å². The molecule has 0 saturated carbocycles. The van der Waals surface area contributed by atoms with Gasteiger partial charge in [-0.3, -0.25) is 9.59 Å². The van der Waals surface area contributed by atoms with Crippen molar-refractivity contribution in [3.8, 4) is 0 Å². The molecule has 2 rings (SSSR count). The lowest BCUT2D eigenvalue weighted by atomic mass is 9.87. The summed E-state index contributed by atoms with van der Waals surface area (Å²) in [5, 5.41) is 11.3. The molecule has 1 heterocycles. The van der Waals surface area contributed by atoms with Gasteiger partial charge in [-0.15, -0.1) is 11.3 Å². The Hall–Kier alpha value is -1.36. The molecule has 1 unspecified atom stereocenters.